The number of nitrogens with zero attached hydrogens (tertiary/aromatic N) is 1. The first-order valence-corrected chi connectivity index (χ1v) is 5.66. The highest BCUT2D eigenvalue weighted by molar-refractivity contribution is 5.80. The summed E-state index contributed by atoms with van der Waals surface area (Å²) in [4.78, 5) is 0. The summed E-state index contributed by atoms with van der Waals surface area (Å²) in [6.07, 6.45) is 2.03. The van der Waals surface area contributed by atoms with E-state index >= 15 is 0 Å². The summed E-state index contributed by atoms with van der Waals surface area (Å²) in [7, 11) is 0. The topological polar surface area (TPSA) is 23.8 Å². The van der Waals surface area contributed by atoms with Crippen LogP contribution in [0.15, 0.2) is 18.2 Å². The van der Waals surface area contributed by atoms with Crippen LogP contribution in [-0.2, 0) is 0 Å². The van der Waals surface area contributed by atoms with Gasteiger partial charge in [-0.15, -0.1) is 0 Å². The molecule has 1 aromatic carbocycles. The molecule has 1 nitrogen and oxygen atoms in total. The molecule has 1 aromatic rings. The third-order valence-corrected chi connectivity index (χ3v) is 2.57. The second-order valence-corrected chi connectivity index (χ2v) is 4.71. The van der Waals surface area contributed by atoms with Gasteiger partial charge in [0, 0.05) is 0 Å². The van der Waals surface area contributed by atoms with Crippen molar-refractivity contribution in [3.8, 4) is 6.07 Å². The second-order valence-electron chi connectivity index (χ2n) is 4.71. The van der Waals surface area contributed by atoms with E-state index in [1.807, 2.05) is 6.08 Å². The van der Waals surface area contributed by atoms with Crippen molar-refractivity contribution in [1.82, 2.24) is 0 Å². The SMILES string of the molecule is Cc1cc(C)c(/C(C#N)=C/C(C)C)c(C)c1. The van der Waals surface area contributed by atoms with Crippen molar-refractivity contribution in [3.63, 3.8) is 0 Å². The van der Waals surface area contributed by atoms with Gasteiger partial charge in [-0.05, 0) is 43.4 Å². The summed E-state index contributed by atoms with van der Waals surface area (Å²) >= 11 is 0. The Balaban J connectivity index is 3.38. The maximum atomic E-state index is 9.23. The summed E-state index contributed by atoms with van der Waals surface area (Å²) in [5.41, 5.74) is 5.52. The van der Waals surface area contributed by atoms with Gasteiger partial charge in [0.2, 0.25) is 0 Å². The monoisotopic (exact) mass is 213 g/mol. The molecule has 16 heavy (non-hydrogen) atoms. The van der Waals surface area contributed by atoms with E-state index in [2.05, 4.69) is 52.8 Å². The van der Waals surface area contributed by atoms with Gasteiger partial charge < -0.3 is 0 Å². The molecule has 0 saturated heterocycles. The first-order chi connectivity index (χ1) is 7.45. The van der Waals surface area contributed by atoms with Crippen molar-refractivity contribution in [2.24, 2.45) is 5.92 Å². The summed E-state index contributed by atoms with van der Waals surface area (Å²) in [6.45, 7) is 10.4. The minimum absolute atomic E-state index is 0.398. The van der Waals surface area contributed by atoms with E-state index in [4.69, 9.17) is 0 Å². The van der Waals surface area contributed by atoms with Gasteiger partial charge >= 0.3 is 0 Å². The maximum Gasteiger partial charge on any atom is 0.0994 e. The molecule has 0 aliphatic carbocycles. The van der Waals surface area contributed by atoms with E-state index in [9.17, 15) is 5.26 Å². The zero-order valence-corrected chi connectivity index (χ0v) is 10.8. The number of hydrogen-bond donors (Lipinski definition) is 0. The van der Waals surface area contributed by atoms with Gasteiger partial charge in [0.25, 0.3) is 0 Å². The molecule has 0 spiro atoms. The molecular weight excluding hydrogens is 194 g/mol. The fourth-order valence-corrected chi connectivity index (χ4v) is 2.11. The quantitative estimate of drug-likeness (QED) is 0.676. The summed E-state index contributed by atoms with van der Waals surface area (Å²) < 4.78 is 0. The number of allylic oxidation sites excluding steroid dienone is 2. The van der Waals surface area contributed by atoms with Crippen LogP contribution in [0.25, 0.3) is 5.57 Å². The first-order valence-electron chi connectivity index (χ1n) is 5.66. The van der Waals surface area contributed by atoms with Gasteiger partial charge in [0.1, 0.15) is 0 Å². The summed E-state index contributed by atoms with van der Waals surface area (Å²) in [5.74, 6) is 0.398. The van der Waals surface area contributed by atoms with Crippen LogP contribution >= 0.6 is 0 Å². The predicted molar refractivity (Wildman–Crippen MR) is 69.1 cm³/mol. The molecule has 0 aliphatic heterocycles. The van der Waals surface area contributed by atoms with Crippen LogP contribution in [0.1, 0.15) is 36.1 Å². The number of hydrogen-bond acceptors (Lipinski definition) is 1. The molecule has 0 amide bonds. The molecule has 0 fully saturated rings. The summed E-state index contributed by atoms with van der Waals surface area (Å²) in [6, 6.07) is 6.58. The zero-order valence-electron chi connectivity index (χ0n) is 10.8. The van der Waals surface area contributed by atoms with Crippen LogP contribution in [0.3, 0.4) is 0 Å². The minimum atomic E-state index is 0.398. The molecule has 0 atom stereocenters. The third kappa shape index (κ3) is 2.73. The van der Waals surface area contributed by atoms with E-state index < -0.39 is 0 Å². The van der Waals surface area contributed by atoms with Crippen LogP contribution in [0.5, 0.6) is 0 Å². The number of nitriles is 1. The Labute approximate surface area is 98.4 Å². The molecule has 1 rings (SSSR count). The molecular formula is C15H19N. The van der Waals surface area contributed by atoms with Gasteiger partial charge in [0.15, 0.2) is 0 Å². The van der Waals surface area contributed by atoms with Gasteiger partial charge in [-0.1, -0.05) is 37.6 Å². The molecule has 0 radical (unpaired) electrons. The normalized spacial score (nSPS) is 11.7. The lowest BCUT2D eigenvalue weighted by atomic mass is 9.92. The molecule has 0 N–H and O–H groups in total. The minimum Gasteiger partial charge on any atom is -0.192 e. The van der Waals surface area contributed by atoms with E-state index in [0.29, 0.717) is 5.92 Å². The Kier molecular flexibility index (Phi) is 3.90. The zero-order chi connectivity index (χ0) is 12.3. The Morgan fingerprint density at radius 3 is 2.06 bits per heavy atom. The average Bonchev–Trinajstić information content (AvgIpc) is 2.13. The number of rotatable bonds is 2. The van der Waals surface area contributed by atoms with Crippen LogP contribution < -0.4 is 0 Å². The van der Waals surface area contributed by atoms with E-state index in [0.717, 1.165) is 11.1 Å². The van der Waals surface area contributed by atoms with E-state index in [1.165, 1.54) is 16.7 Å². The van der Waals surface area contributed by atoms with Crippen molar-refractivity contribution >= 4 is 5.57 Å². The Hall–Kier alpha value is -1.55. The second kappa shape index (κ2) is 4.99. The lowest BCUT2D eigenvalue weighted by molar-refractivity contribution is 0.834. The highest BCUT2D eigenvalue weighted by Crippen LogP contribution is 2.25. The maximum absolute atomic E-state index is 9.23. The van der Waals surface area contributed by atoms with Crippen molar-refractivity contribution in [1.29, 1.82) is 5.26 Å². The standard InChI is InChI=1S/C15H19N/c1-10(2)6-14(9-16)15-12(4)7-11(3)8-13(15)5/h6-8,10H,1-5H3/b14-6+. The molecule has 0 unspecified atom stereocenters. The molecule has 0 bridgehead atoms. The van der Waals surface area contributed by atoms with Gasteiger partial charge in [-0.3, -0.25) is 0 Å². The van der Waals surface area contributed by atoms with E-state index in [-0.39, 0.29) is 0 Å². The molecule has 0 heterocycles. The lowest BCUT2D eigenvalue weighted by Gasteiger charge is -2.11. The Morgan fingerprint density at radius 1 is 1.19 bits per heavy atom. The molecule has 84 valence electrons. The van der Waals surface area contributed by atoms with Crippen LogP contribution in [-0.4, -0.2) is 0 Å². The number of aryl methyl sites for hydroxylation is 3. The largest absolute Gasteiger partial charge is 0.192 e. The molecule has 0 aliphatic rings. The highest BCUT2D eigenvalue weighted by atomic mass is 14.3. The lowest BCUT2D eigenvalue weighted by Crippen LogP contribution is -1.95. The molecule has 0 saturated carbocycles. The number of benzene rings is 1. The van der Waals surface area contributed by atoms with Crippen LogP contribution in [0, 0.1) is 38.0 Å². The van der Waals surface area contributed by atoms with Crippen LogP contribution in [0.2, 0.25) is 0 Å². The third-order valence-electron chi connectivity index (χ3n) is 2.57. The average molecular weight is 213 g/mol. The van der Waals surface area contributed by atoms with Crippen molar-refractivity contribution in [2.75, 3.05) is 0 Å². The highest BCUT2D eigenvalue weighted by Gasteiger charge is 2.09. The van der Waals surface area contributed by atoms with Crippen molar-refractivity contribution < 1.29 is 0 Å². The van der Waals surface area contributed by atoms with Crippen molar-refractivity contribution in [3.05, 3.63) is 40.5 Å². The Bertz CT molecular complexity index is 436. The Morgan fingerprint density at radius 2 is 1.69 bits per heavy atom. The fourth-order valence-electron chi connectivity index (χ4n) is 2.11. The summed E-state index contributed by atoms with van der Waals surface area (Å²) in [5, 5.41) is 9.23. The van der Waals surface area contributed by atoms with Gasteiger partial charge in [0.05, 0.1) is 11.6 Å². The van der Waals surface area contributed by atoms with Gasteiger partial charge in [-0.25, -0.2) is 0 Å². The van der Waals surface area contributed by atoms with Crippen LogP contribution in [0.4, 0.5) is 0 Å². The fraction of sp³-hybridized carbons (Fsp3) is 0.400. The van der Waals surface area contributed by atoms with Crippen molar-refractivity contribution in [2.45, 2.75) is 34.6 Å². The first kappa shape index (κ1) is 12.5. The molecule has 1 heteroatoms. The predicted octanol–water partition coefficient (Wildman–Crippen LogP) is 4.17. The van der Waals surface area contributed by atoms with E-state index in [1.54, 1.807) is 0 Å². The molecule has 0 aromatic heterocycles. The smallest absolute Gasteiger partial charge is 0.0994 e. The van der Waals surface area contributed by atoms with Gasteiger partial charge in [-0.2, -0.15) is 5.26 Å².